The predicted molar refractivity (Wildman–Crippen MR) is 72.7 cm³/mol. The summed E-state index contributed by atoms with van der Waals surface area (Å²) in [6.45, 7) is 4.82. The number of nitrogens with one attached hydrogen (secondary N) is 1. The molecule has 3 heteroatoms. The first-order valence-electron chi connectivity index (χ1n) is 6.47. The van der Waals surface area contributed by atoms with E-state index in [2.05, 4.69) is 37.4 Å². The van der Waals surface area contributed by atoms with E-state index < -0.39 is 0 Å². The van der Waals surface area contributed by atoms with Gasteiger partial charge in [-0.25, -0.2) is 0 Å². The van der Waals surface area contributed by atoms with Crippen LogP contribution >= 0.6 is 0 Å². The van der Waals surface area contributed by atoms with Gasteiger partial charge in [-0.05, 0) is 43.9 Å². The fourth-order valence-corrected chi connectivity index (χ4v) is 2.46. The molecule has 1 aliphatic rings. The second kappa shape index (κ2) is 5.01. The third-order valence-electron chi connectivity index (χ3n) is 3.94. The lowest BCUT2D eigenvalue weighted by molar-refractivity contribution is -0.157. The molecule has 0 heterocycles. The fraction of sp³-hybridized carbons (Fsp3) is 0.533. The van der Waals surface area contributed by atoms with Crippen molar-refractivity contribution in [3.63, 3.8) is 0 Å². The van der Waals surface area contributed by atoms with Gasteiger partial charge in [0.1, 0.15) is 0 Å². The summed E-state index contributed by atoms with van der Waals surface area (Å²) in [6, 6.07) is 6.32. The number of methoxy groups -OCH3 is 1. The summed E-state index contributed by atoms with van der Waals surface area (Å²) in [5.41, 5.74) is 3.25. The Morgan fingerprint density at radius 2 is 2.11 bits per heavy atom. The molecule has 0 bridgehead atoms. The summed E-state index contributed by atoms with van der Waals surface area (Å²) in [5, 5.41) is 3.41. The van der Waals surface area contributed by atoms with Crippen LogP contribution in [0.25, 0.3) is 0 Å². The predicted octanol–water partition coefficient (Wildman–Crippen LogP) is 3.06. The van der Waals surface area contributed by atoms with Crippen molar-refractivity contribution in [3.05, 3.63) is 29.3 Å². The van der Waals surface area contributed by atoms with Crippen LogP contribution in [0.3, 0.4) is 0 Å². The summed E-state index contributed by atoms with van der Waals surface area (Å²) >= 11 is 0. The lowest BCUT2D eigenvalue weighted by atomic mass is 9.68. The number of hydrogen-bond acceptors (Lipinski definition) is 3. The molecule has 2 rings (SSSR count). The number of esters is 1. The molecule has 0 amide bonds. The Kier molecular flexibility index (Phi) is 3.60. The van der Waals surface area contributed by atoms with Crippen molar-refractivity contribution in [2.75, 3.05) is 19.0 Å². The summed E-state index contributed by atoms with van der Waals surface area (Å²) in [4.78, 5) is 11.8. The molecule has 18 heavy (non-hydrogen) atoms. The van der Waals surface area contributed by atoms with E-state index in [1.54, 1.807) is 0 Å². The van der Waals surface area contributed by atoms with Gasteiger partial charge in [0.25, 0.3) is 0 Å². The number of carbonyl (C=O) groups excluding carboxylic acids is 1. The van der Waals surface area contributed by atoms with Gasteiger partial charge in [0.15, 0.2) is 0 Å². The zero-order valence-electron chi connectivity index (χ0n) is 11.4. The van der Waals surface area contributed by atoms with Crippen molar-refractivity contribution in [1.82, 2.24) is 0 Å². The fourth-order valence-electron chi connectivity index (χ4n) is 2.46. The minimum Gasteiger partial charge on any atom is -0.469 e. The molecule has 0 aliphatic heterocycles. The summed E-state index contributed by atoms with van der Waals surface area (Å²) in [6.07, 6.45) is 2.97. The van der Waals surface area contributed by atoms with Crippen molar-refractivity contribution < 1.29 is 9.53 Å². The molecule has 1 aromatic carbocycles. The molecule has 1 N–H and O–H groups in total. The van der Waals surface area contributed by atoms with Gasteiger partial charge in [0, 0.05) is 12.2 Å². The monoisotopic (exact) mass is 247 g/mol. The van der Waals surface area contributed by atoms with Crippen LogP contribution < -0.4 is 5.32 Å². The van der Waals surface area contributed by atoms with Gasteiger partial charge in [-0.2, -0.15) is 0 Å². The summed E-state index contributed by atoms with van der Waals surface area (Å²) in [7, 11) is 1.47. The smallest absolute Gasteiger partial charge is 0.313 e. The van der Waals surface area contributed by atoms with Gasteiger partial charge in [0.2, 0.25) is 0 Å². The second-order valence-corrected chi connectivity index (χ2v) is 5.30. The van der Waals surface area contributed by atoms with E-state index >= 15 is 0 Å². The Balaban J connectivity index is 2.06. The van der Waals surface area contributed by atoms with Gasteiger partial charge >= 0.3 is 5.97 Å². The van der Waals surface area contributed by atoms with Crippen molar-refractivity contribution in [1.29, 1.82) is 0 Å². The average Bonchev–Trinajstić information content (AvgIpc) is 2.31. The number of benzene rings is 1. The Morgan fingerprint density at radius 1 is 1.39 bits per heavy atom. The third-order valence-corrected chi connectivity index (χ3v) is 3.94. The lowest BCUT2D eigenvalue weighted by Gasteiger charge is -2.39. The molecule has 1 aliphatic carbocycles. The van der Waals surface area contributed by atoms with Gasteiger partial charge in [-0.3, -0.25) is 4.79 Å². The first kappa shape index (κ1) is 12.9. The largest absolute Gasteiger partial charge is 0.469 e. The Morgan fingerprint density at radius 3 is 2.67 bits per heavy atom. The molecular weight excluding hydrogens is 226 g/mol. The lowest BCUT2D eigenvalue weighted by Crippen LogP contribution is -2.44. The maximum absolute atomic E-state index is 11.8. The van der Waals surface area contributed by atoms with Crippen LogP contribution in [-0.2, 0) is 9.53 Å². The van der Waals surface area contributed by atoms with E-state index in [4.69, 9.17) is 4.74 Å². The SMILES string of the molecule is COC(=O)C1(CNc2cc(C)ccc2C)CCC1. The third kappa shape index (κ3) is 2.35. The van der Waals surface area contributed by atoms with Crippen LogP contribution in [0.15, 0.2) is 18.2 Å². The van der Waals surface area contributed by atoms with Crippen LogP contribution in [0.1, 0.15) is 30.4 Å². The number of rotatable bonds is 4. The normalized spacial score (nSPS) is 16.8. The zero-order chi connectivity index (χ0) is 13.2. The molecule has 0 saturated heterocycles. The van der Waals surface area contributed by atoms with Gasteiger partial charge < -0.3 is 10.1 Å². The molecule has 1 aromatic rings. The number of ether oxygens (including phenoxy) is 1. The molecule has 0 radical (unpaired) electrons. The standard InChI is InChI=1S/C15H21NO2/c1-11-5-6-12(2)13(9-11)16-10-15(7-4-8-15)14(17)18-3/h5-6,9,16H,4,7-8,10H2,1-3H3. The maximum atomic E-state index is 11.8. The van der Waals surface area contributed by atoms with Crippen LogP contribution in [0.2, 0.25) is 0 Å². The van der Waals surface area contributed by atoms with Gasteiger partial charge in [0.05, 0.1) is 12.5 Å². The Hall–Kier alpha value is -1.51. The topological polar surface area (TPSA) is 38.3 Å². The molecule has 0 aromatic heterocycles. The molecule has 3 nitrogen and oxygen atoms in total. The van der Waals surface area contributed by atoms with E-state index in [1.807, 2.05) is 0 Å². The summed E-state index contributed by atoms with van der Waals surface area (Å²) in [5.74, 6) is -0.0773. The van der Waals surface area contributed by atoms with Crippen molar-refractivity contribution in [3.8, 4) is 0 Å². The minimum atomic E-state index is -0.301. The number of anilines is 1. The average molecular weight is 247 g/mol. The van der Waals surface area contributed by atoms with Crippen molar-refractivity contribution in [2.24, 2.45) is 5.41 Å². The van der Waals surface area contributed by atoms with E-state index in [0.29, 0.717) is 6.54 Å². The zero-order valence-corrected chi connectivity index (χ0v) is 11.4. The minimum absolute atomic E-state index is 0.0773. The molecule has 1 fully saturated rings. The highest BCUT2D eigenvalue weighted by Gasteiger charge is 2.45. The van der Waals surface area contributed by atoms with Crippen molar-refractivity contribution in [2.45, 2.75) is 33.1 Å². The van der Waals surface area contributed by atoms with E-state index in [-0.39, 0.29) is 11.4 Å². The van der Waals surface area contributed by atoms with Crippen LogP contribution in [0, 0.1) is 19.3 Å². The maximum Gasteiger partial charge on any atom is 0.313 e. The highest BCUT2D eigenvalue weighted by molar-refractivity contribution is 5.78. The number of aryl methyl sites for hydroxylation is 2. The Bertz CT molecular complexity index is 450. The van der Waals surface area contributed by atoms with E-state index in [1.165, 1.54) is 18.2 Å². The number of carbonyl (C=O) groups is 1. The second-order valence-electron chi connectivity index (χ2n) is 5.30. The highest BCUT2D eigenvalue weighted by Crippen LogP contribution is 2.42. The summed E-state index contributed by atoms with van der Waals surface area (Å²) < 4.78 is 4.92. The highest BCUT2D eigenvalue weighted by atomic mass is 16.5. The molecule has 0 spiro atoms. The van der Waals surface area contributed by atoms with Crippen LogP contribution in [0.5, 0.6) is 0 Å². The van der Waals surface area contributed by atoms with Crippen LogP contribution in [-0.4, -0.2) is 19.6 Å². The van der Waals surface area contributed by atoms with Gasteiger partial charge in [-0.1, -0.05) is 18.6 Å². The van der Waals surface area contributed by atoms with Crippen LogP contribution in [0.4, 0.5) is 5.69 Å². The van der Waals surface area contributed by atoms with E-state index in [9.17, 15) is 4.79 Å². The van der Waals surface area contributed by atoms with Crippen molar-refractivity contribution >= 4 is 11.7 Å². The number of hydrogen-bond donors (Lipinski definition) is 1. The van der Waals surface area contributed by atoms with Gasteiger partial charge in [-0.15, -0.1) is 0 Å². The molecular formula is C15H21NO2. The van der Waals surface area contributed by atoms with E-state index in [0.717, 1.165) is 24.9 Å². The molecule has 1 saturated carbocycles. The molecule has 0 unspecified atom stereocenters. The first-order valence-corrected chi connectivity index (χ1v) is 6.47. The quantitative estimate of drug-likeness (QED) is 0.831. The Labute approximate surface area is 109 Å². The molecule has 98 valence electrons. The first-order chi connectivity index (χ1) is 8.57. The molecule has 0 atom stereocenters.